The molecule has 9 heteroatoms. The molecule has 0 amide bonds. The minimum atomic E-state index is -2.88. The van der Waals surface area contributed by atoms with Gasteiger partial charge in [-0.25, -0.2) is 0 Å². The summed E-state index contributed by atoms with van der Waals surface area (Å²) in [6, 6.07) is 0. The second kappa shape index (κ2) is 10.8. The van der Waals surface area contributed by atoms with Gasteiger partial charge in [-0.1, -0.05) is 20.8 Å². The normalized spacial score (nSPS) is 13.8. The van der Waals surface area contributed by atoms with Crippen LogP contribution in [-0.4, -0.2) is 39.7 Å². The van der Waals surface area contributed by atoms with Gasteiger partial charge in [0, 0.05) is 19.3 Å². The standard InChI is InChI=1S/C15H26O7S2/c1-4-7-11(16)20-14(24,10-23)15(19,21-12(17)8-5-2)22-13(18)9-6-3/h19,23-24H,4-10H2,1-3H3. The average molecular weight is 383 g/mol. The fraction of sp³-hybridized carbons (Fsp3) is 0.800. The molecule has 0 aliphatic heterocycles. The van der Waals surface area contributed by atoms with E-state index in [1.165, 1.54) is 0 Å². The molecule has 0 saturated heterocycles. The molecule has 0 aromatic rings. The molecule has 0 fully saturated rings. The van der Waals surface area contributed by atoms with Crippen molar-refractivity contribution >= 4 is 43.2 Å². The van der Waals surface area contributed by atoms with Crippen molar-refractivity contribution in [2.45, 2.75) is 70.2 Å². The number of carbonyl (C=O) groups is 3. The third-order valence-electron chi connectivity index (χ3n) is 2.86. The monoisotopic (exact) mass is 382 g/mol. The van der Waals surface area contributed by atoms with E-state index < -0.39 is 28.8 Å². The van der Waals surface area contributed by atoms with Gasteiger partial charge in [0.25, 0.3) is 4.93 Å². The van der Waals surface area contributed by atoms with Crippen LogP contribution in [0.15, 0.2) is 0 Å². The van der Waals surface area contributed by atoms with E-state index in [0.29, 0.717) is 19.3 Å². The van der Waals surface area contributed by atoms with Crippen molar-refractivity contribution in [3.63, 3.8) is 0 Å². The molecular weight excluding hydrogens is 356 g/mol. The first-order valence-corrected chi connectivity index (χ1v) is 8.97. The van der Waals surface area contributed by atoms with Gasteiger partial charge in [0.1, 0.15) is 0 Å². The summed E-state index contributed by atoms with van der Waals surface area (Å²) in [5.74, 6) is -5.58. The highest BCUT2D eigenvalue weighted by Crippen LogP contribution is 2.36. The zero-order chi connectivity index (χ0) is 18.8. The fourth-order valence-electron chi connectivity index (χ4n) is 1.64. The number of rotatable bonds is 11. The molecule has 0 bridgehead atoms. The Morgan fingerprint density at radius 2 is 1.17 bits per heavy atom. The van der Waals surface area contributed by atoms with Crippen LogP contribution in [0.25, 0.3) is 0 Å². The smallest absolute Gasteiger partial charge is 0.426 e. The number of hydrogen-bond acceptors (Lipinski definition) is 9. The average Bonchev–Trinajstić information content (AvgIpc) is 2.47. The zero-order valence-electron chi connectivity index (χ0n) is 14.2. The summed E-state index contributed by atoms with van der Waals surface area (Å²) in [4.78, 5) is 33.2. The van der Waals surface area contributed by atoms with Crippen molar-refractivity contribution in [2.75, 3.05) is 5.75 Å². The van der Waals surface area contributed by atoms with Gasteiger partial charge in [-0.05, 0) is 19.3 Å². The van der Waals surface area contributed by atoms with Crippen LogP contribution in [0.3, 0.4) is 0 Å². The second-order valence-corrected chi connectivity index (χ2v) is 6.24. The molecule has 0 radical (unpaired) electrons. The molecule has 0 heterocycles. The largest absolute Gasteiger partial charge is 0.436 e. The number of ether oxygens (including phenoxy) is 3. The zero-order valence-corrected chi connectivity index (χ0v) is 16.0. The fourth-order valence-corrected chi connectivity index (χ4v) is 2.10. The van der Waals surface area contributed by atoms with Gasteiger partial charge in [0.2, 0.25) is 0 Å². The van der Waals surface area contributed by atoms with E-state index >= 15 is 0 Å². The van der Waals surface area contributed by atoms with Crippen molar-refractivity contribution in [2.24, 2.45) is 0 Å². The van der Waals surface area contributed by atoms with E-state index in [1.54, 1.807) is 20.8 Å². The maximum absolute atomic E-state index is 11.8. The van der Waals surface area contributed by atoms with Crippen LogP contribution in [0.1, 0.15) is 59.3 Å². The van der Waals surface area contributed by atoms with Gasteiger partial charge in [-0.3, -0.25) is 14.4 Å². The Bertz CT molecular complexity index is 422. The molecular formula is C15H26O7S2. The number of carbonyl (C=O) groups excluding carboxylic acids is 3. The Hall–Kier alpha value is -0.930. The Balaban J connectivity index is 5.53. The van der Waals surface area contributed by atoms with Crippen LogP contribution >= 0.6 is 25.3 Å². The highest BCUT2D eigenvalue weighted by Gasteiger charge is 2.58. The highest BCUT2D eigenvalue weighted by molar-refractivity contribution is 7.85. The van der Waals surface area contributed by atoms with Crippen LogP contribution in [0.4, 0.5) is 0 Å². The van der Waals surface area contributed by atoms with Crippen LogP contribution in [0.5, 0.6) is 0 Å². The summed E-state index contributed by atoms with van der Waals surface area (Å²) in [6.45, 7) is 5.23. The van der Waals surface area contributed by atoms with Gasteiger partial charge >= 0.3 is 23.9 Å². The number of hydrogen-bond donors (Lipinski definition) is 3. The van der Waals surface area contributed by atoms with E-state index in [9.17, 15) is 19.5 Å². The summed E-state index contributed by atoms with van der Waals surface area (Å²) in [6.07, 6.45) is 1.42. The maximum Gasteiger partial charge on any atom is 0.426 e. The lowest BCUT2D eigenvalue weighted by Gasteiger charge is -2.39. The van der Waals surface area contributed by atoms with E-state index in [2.05, 4.69) is 25.3 Å². The second-order valence-electron chi connectivity index (χ2n) is 5.20. The summed E-state index contributed by atoms with van der Waals surface area (Å²) >= 11 is 8.08. The maximum atomic E-state index is 11.8. The topological polar surface area (TPSA) is 99.1 Å². The lowest BCUT2D eigenvalue weighted by molar-refractivity contribution is -0.366. The van der Waals surface area contributed by atoms with E-state index in [0.717, 1.165) is 0 Å². The summed E-state index contributed by atoms with van der Waals surface area (Å²) in [7, 11) is 0. The quantitative estimate of drug-likeness (QED) is 0.286. The first-order chi connectivity index (χ1) is 11.2. The molecule has 1 atom stereocenters. The Morgan fingerprint density at radius 3 is 1.46 bits per heavy atom. The van der Waals surface area contributed by atoms with Gasteiger partial charge < -0.3 is 19.3 Å². The van der Waals surface area contributed by atoms with Crippen LogP contribution in [-0.2, 0) is 28.6 Å². The number of esters is 3. The van der Waals surface area contributed by atoms with Crippen LogP contribution < -0.4 is 0 Å². The lowest BCUT2D eigenvalue weighted by Crippen LogP contribution is -2.59. The molecule has 0 aromatic carbocycles. The van der Waals surface area contributed by atoms with Crippen molar-refractivity contribution in [1.82, 2.24) is 0 Å². The Morgan fingerprint density at radius 1 is 0.833 bits per heavy atom. The third-order valence-corrected chi connectivity index (χ3v) is 4.08. The molecule has 0 aliphatic carbocycles. The van der Waals surface area contributed by atoms with E-state index in [4.69, 9.17) is 14.2 Å². The number of thiol groups is 2. The van der Waals surface area contributed by atoms with Crippen LogP contribution in [0.2, 0.25) is 0 Å². The lowest BCUT2D eigenvalue weighted by atomic mass is 10.2. The minimum Gasteiger partial charge on any atom is -0.436 e. The molecule has 0 saturated carbocycles. The molecule has 0 aliphatic rings. The highest BCUT2D eigenvalue weighted by atomic mass is 32.1. The van der Waals surface area contributed by atoms with Crippen molar-refractivity contribution in [3.8, 4) is 0 Å². The summed E-state index contributed by atoms with van der Waals surface area (Å²) in [5.41, 5.74) is 0. The molecule has 0 aromatic heterocycles. The molecule has 0 rings (SSSR count). The first-order valence-electron chi connectivity index (χ1n) is 7.89. The van der Waals surface area contributed by atoms with E-state index in [-0.39, 0.29) is 25.0 Å². The predicted molar refractivity (Wildman–Crippen MR) is 93.5 cm³/mol. The summed E-state index contributed by atoms with van der Waals surface area (Å²) < 4.78 is 14.9. The minimum absolute atomic E-state index is 0.0209. The van der Waals surface area contributed by atoms with Gasteiger partial charge in [0.05, 0.1) is 5.75 Å². The molecule has 24 heavy (non-hydrogen) atoms. The molecule has 1 unspecified atom stereocenters. The SMILES string of the molecule is CCCC(=O)OC(S)(CS)C(O)(OC(=O)CCC)OC(=O)CCC. The predicted octanol–water partition coefficient (Wildman–Crippen LogP) is 2.22. The van der Waals surface area contributed by atoms with Crippen molar-refractivity contribution < 1.29 is 33.7 Å². The number of aliphatic hydroxyl groups is 1. The van der Waals surface area contributed by atoms with Gasteiger partial charge in [-0.15, -0.1) is 12.6 Å². The summed E-state index contributed by atoms with van der Waals surface area (Å²) in [5, 5.41) is 10.7. The van der Waals surface area contributed by atoms with E-state index in [1.807, 2.05) is 0 Å². The van der Waals surface area contributed by atoms with Gasteiger partial charge in [-0.2, -0.15) is 12.6 Å². The molecule has 1 N–H and O–H groups in total. The molecule has 140 valence electrons. The molecule has 7 nitrogen and oxygen atoms in total. The molecule has 0 spiro atoms. The van der Waals surface area contributed by atoms with Gasteiger partial charge in [0.15, 0.2) is 0 Å². The Labute approximate surface area is 153 Å². The van der Waals surface area contributed by atoms with Crippen molar-refractivity contribution in [3.05, 3.63) is 0 Å². The third kappa shape index (κ3) is 6.90. The Kier molecular flexibility index (Phi) is 10.4. The van der Waals surface area contributed by atoms with Crippen LogP contribution in [0, 0.1) is 0 Å². The first kappa shape index (κ1) is 23.1. The van der Waals surface area contributed by atoms with Crippen molar-refractivity contribution in [1.29, 1.82) is 0 Å².